The Hall–Kier alpha value is -1.35. The molecule has 0 saturated heterocycles. The summed E-state index contributed by atoms with van der Waals surface area (Å²) in [5.41, 5.74) is 5.28. The summed E-state index contributed by atoms with van der Waals surface area (Å²) < 4.78 is 5.43. The molecule has 0 aromatic carbocycles. The van der Waals surface area contributed by atoms with Gasteiger partial charge in [-0.2, -0.15) is 0 Å². The van der Waals surface area contributed by atoms with Crippen molar-refractivity contribution in [1.29, 1.82) is 0 Å². The van der Waals surface area contributed by atoms with Gasteiger partial charge in [0.1, 0.15) is 5.76 Å². The summed E-state index contributed by atoms with van der Waals surface area (Å²) in [6, 6.07) is 0. The van der Waals surface area contributed by atoms with E-state index in [2.05, 4.69) is 6.92 Å². The molecule has 0 aliphatic rings. The highest BCUT2D eigenvalue weighted by molar-refractivity contribution is 5.89. The Kier molecular flexibility index (Phi) is 10.3. The Balaban J connectivity index is 4.15. The maximum Gasteiger partial charge on any atom is 0.156 e. The van der Waals surface area contributed by atoms with Gasteiger partial charge >= 0.3 is 0 Å². The van der Waals surface area contributed by atoms with Crippen LogP contribution in [0.3, 0.4) is 0 Å². The highest BCUT2D eigenvalue weighted by Crippen LogP contribution is 2.03. The highest BCUT2D eigenvalue weighted by atomic mass is 16.5. The maximum atomic E-state index is 11.2. The van der Waals surface area contributed by atoms with Crippen LogP contribution in [0.25, 0.3) is 0 Å². The molecule has 0 bridgehead atoms. The molecule has 0 amide bonds. The molecule has 3 heteroatoms. The first kappa shape index (κ1) is 15.7. The van der Waals surface area contributed by atoms with Crippen molar-refractivity contribution in [3.8, 4) is 0 Å². The van der Waals surface area contributed by atoms with Gasteiger partial charge in [0.25, 0.3) is 0 Å². The van der Waals surface area contributed by atoms with E-state index in [1.165, 1.54) is 0 Å². The average Bonchev–Trinajstić information content (AvgIpc) is 2.31. The van der Waals surface area contributed by atoms with Crippen LogP contribution in [0, 0.1) is 0 Å². The van der Waals surface area contributed by atoms with E-state index in [0.29, 0.717) is 26.0 Å². The van der Waals surface area contributed by atoms with Gasteiger partial charge in [-0.3, -0.25) is 4.79 Å². The van der Waals surface area contributed by atoms with Gasteiger partial charge in [-0.1, -0.05) is 19.1 Å². The third kappa shape index (κ3) is 9.57. The number of ketones is 1. The first-order valence-electron chi connectivity index (χ1n) is 6.13. The Morgan fingerprint density at radius 1 is 1.24 bits per heavy atom. The van der Waals surface area contributed by atoms with Crippen LogP contribution < -0.4 is 5.73 Å². The summed E-state index contributed by atoms with van der Waals surface area (Å²) in [5, 5.41) is 0. The van der Waals surface area contributed by atoms with E-state index in [1.54, 1.807) is 6.08 Å². The zero-order valence-electron chi connectivity index (χ0n) is 10.8. The van der Waals surface area contributed by atoms with Crippen molar-refractivity contribution in [2.75, 3.05) is 13.2 Å². The smallest absolute Gasteiger partial charge is 0.156 e. The first-order chi connectivity index (χ1) is 8.24. The van der Waals surface area contributed by atoms with E-state index in [1.807, 2.05) is 31.2 Å². The SMILES string of the molecule is CC/C=C\C(=C/C/C=C/C(=O)CCN)OCC. The lowest BCUT2D eigenvalue weighted by Gasteiger charge is -2.02. The number of hydrogen-bond donors (Lipinski definition) is 1. The molecular formula is C14H23NO2. The fourth-order valence-corrected chi connectivity index (χ4v) is 1.19. The number of carbonyl (C=O) groups excluding carboxylic acids is 1. The van der Waals surface area contributed by atoms with Crippen molar-refractivity contribution >= 4 is 5.78 Å². The normalized spacial score (nSPS) is 12.5. The van der Waals surface area contributed by atoms with Crippen LogP contribution >= 0.6 is 0 Å². The van der Waals surface area contributed by atoms with Crippen LogP contribution in [0.1, 0.15) is 33.1 Å². The molecule has 0 aliphatic heterocycles. The largest absolute Gasteiger partial charge is 0.494 e. The van der Waals surface area contributed by atoms with E-state index >= 15 is 0 Å². The molecule has 0 fully saturated rings. The molecule has 0 spiro atoms. The number of rotatable bonds is 9. The zero-order chi connectivity index (χ0) is 12.9. The molecule has 0 aromatic rings. The molecule has 0 atom stereocenters. The number of carbonyl (C=O) groups is 1. The van der Waals surface area contributed by atoms with Gasteiger partial charge in [0.15, 0.2) is 5.78 Å². The summed E-state index contributed by atoms with van der Waals surface area (Å²) in [7, 11) is 0. The second-order valence-electron chi connectivity index (χ2n) is 3.49. The Labute approximate surface area is 104 Å². The summed E-state index contributed by atoms with van der Waals surface area (Å²) in [5.74, 6) is 0.924. The fraction of sp³-hybridized carbons (Fsp3) is 0.500. The van der Waals surface area contributed by atoms with Crippen LogP contribution in [-0.4, -0.2) is 18.9 Å². The van der Waals surface area contributed by atoms with Crippen molar-refractivity contribution in [3.63, 3.8) is 0 Å². The minimum absolute atomic E-state index is 0.0722. The number of allylic oxidation sites excluding steroid dienone is 5. The quantitative estimate of drug-likeness (QED) is 0.381. The monoisotopic (exact) mass is 237 g/mol. The van der Waals surface area contributed by atoms with Gasteiger partial charge in [0, 0.05) is 6.42 Å². The van der Waals surface area contributed by atoms with Gasteiger partial charge in [-0.15, -0.1) is 0 Å². The summed E-state index contributed by atoms with van der Waals surface area (Å²) in [6.07, 6.45) is 11.5. The topological polar surface area (TPSA) is 52.3 Å². The van der Waals surface area contributed by atoms with Gasteiger partial charge in [-0.25, -0.2) is 0 Å². The number of hydrogen-bond acceptors (Lipinski definition) is 3. The average molecular weight is 237 g/mol. The van der Waals surface area contributed by atoms with Crippen molar-refractivity contribution in [2.24, 2.45) is 5.73 Å². The lowest BCUT2D eigenvalue weighted by Crippen LogP contribution is -2.04. The van der Waals surface area contributed by atoms with Crippen LogP contribution in [0.15, 0.2) is 36.1 Å². The Bertz CT molecular complexity index is 291. The molecule has 0 saturated carbocycles. The third-order valence-electron chi connectivity index (χ3n) is 1.98. The molecule has 0 unspecified atom stereocenters. The van der Waals surface area contributed by atoms with Crippen molar-refractivity contribution in [2.45, 2.75) is 33.1 Å². The Morgan fingerprint density at radius 2 is 2.00 bits per heavy atom. The molecule has 3 nitrogen and oxygen atoms in total. The van der Waals surface area contributed by atoms with Crippen molar-refractivity contribution in [3.05, 3.63) is 36.1 Å². The third-order valence-corrected chi connectivity index (χ3v) is 1.98. The molecular weight excluding hydrogens is 214 g/mol. The van der Waals surface area contributed by atoms with Crippen LogP contribution in [0.2, 0.25) is 0 Å². The van der Waals surface area contributed by atoms with E-state index in [0.717, 1.165) is 12.2 Å². The minimum Gasteiger partial charge on any atom is -0.494 e. The summed E-state index contributed by atoms with van der Waals surface area (Å²) in [6.45, 7) is 5.08. The van der Waals surface area contributed by atoms with E-state index in [-0.39, 0.29) is 5.78 Å². The second kappa shape index (κ2) is 11.1. The van der Waals surface area contributed by atoms with Crippen molar-refractivity contribution < 1.29 is 9.53 Å². The van der Waals surface area contributed by atoms with Gasteiger partial charge in [0.2, 0.25) is 0 Å². The second-order valence-corrected chi connectivity index (χ2v) is 3.49. The maximum absolute atomic E-state index is 11.2. The molecule has 2 N–H and O–H groups in total. The van der Waals surface area contributed by atoms with Gasteiger partial charge < -0.3 is 10.5 Å². The zero-order valence-corrected chi connectivity index (χ0v) is 10.8. The van der Waals surface area contributed by atoms with Gasteiger partial charge in [0.05, 0.1) is 6.61 Å². The van der Waals surface area contributed by atoms with E-state index in [9.17, 15) is 4.79 Å². The lowest BCUT2D eigenvalue weighted by molar-refractivity contribution is -0.114. The molecule has 17 heavy (non-hydrogen) atoms. The predicted octanol–water partition coefficient (Wildman–Crippen LogP) is 2.74. The molecule has 0 heterocycles. The predicted molar refractivity (Wildman–Crippen MR) is 71.6 cm³/mol. The summed E-state index contributed by atoms with van der Waals surface area (Å²) >= 11 is 0. The molecule has 0 aliphatic carbocycles. The molecule has 0 aromatic heterocycles. The molecule has 0 radical (unpaired) electrons. The van der Waals surface area contributed by atoms with E-state index in [4.69, 9.17) is 10.5 Å². The summed E-state index contributed by atoms with van der Waals surface area (Å²) in [4.78, 5) is 11.2. The van der Waals surface area contributed by atoms with Crippen LogP contribution in [0.4, 0.5) is 0 Å². The number of ether oxygens (including phenoxy) is 1. The Morgan fingerprint density at radius 3 is 2.59 bits per heavy atom. The first-order valence-corrected chi connectivity index (χ1v) is 6.13. The lowest BCUT2D eigenvalue weighted by atomic mass is 10.2. The number of nitrogens with two attached hydrogens (primary N) is 1. The van der Waals surface area contributed by atoms with Crippen LogP contribution in [0.5, 0.6) is 0 Å². The van der Waals surface area contributed by atoms with Gasteiger partial charge in [-0.05, 0) is 44.5 Å². The van der Waals surface area contributed by atoms with Crippen molar-refractivity contribution in [1.82, 2.24) is 0 Å². The van der Waals surface area contributed by atoms with E-state index < -0.39 is 0 Å². The standard InChI is InChI=1S/C14H23NO2/c1-3-5-9-14(17-4-2)10-7-6-8-13(16)11-12-15/h5-6,8-10H,3-4,7,11-12,15H2,1-2H3/b8-6+,9-5-,14-10+. The molecule has 0 rings (SSSR count). The minimum atomic E-state index is 0.0722. The fourth-order valence-electron chi connectivity index (χ4n) is 1.19. The highest BCUT2D eigenvalue weighted by Gasteiger charge is 1.92. The molecule has 96 valence electrons. The van der Waals surface area contributed by atoms with Crippen LogP contribution in [-0.2, 0) is 9.53 Å².